The van der Waals surface area contributed by atoms with Gasteiger partial charge in [0.1, 0.15) is 6.10 Å². The SMILES string of the molecule is CCCC(=O)NOC1COC(C)(C(=O)OC)OC1. The van der Waals surface area contributed by atoms with Gasteiger partial charge in [-0.1, -0.05) is 6.92 Å². The first-order valence-corrected chi connectivity index (χ1v) is 5.82. The molecule has 0 radical (unpaired) electrons. The molecule has 1 saturated heterocycles. The predicted octanol–water partition coefficient (Wildman–Crippen LogP) is 0.139. The maximum Gasteiger partial charge on any atom is 0.366 e. The van der Waals surface area contributed by atoms with Crippen LogP contribution in [0.3, 0.4) is 0 Å². The van der Waals surface area contributed by atoms with Gasteiger partial charge < -0.3 is 14.2 Å². The molecule has 1 aliphatic rings. The molecule has 0 spiro atoms. The quantitative estimate of drug-likeness (QED) is 0.560. The van der Waals surface area contributed by atoms with Crippen LogP contribution in [0.1, 0.15) is 26.7 Å². The monoisotopic (exact) mass is 261 g/mol. The number of nitrogens with one attached hydrogen (secondary N) is 1. The second kappa shape index (κ2) is 6.67. The summed E-state index contributed by atoms with van der Waals surface area (Å²) in [6.07, 6.45) is 0.699. The molecule has 0 aromatic rings. The molecule has 0 unspecified atom stereocenters. The number of hydrogen-bond donors (Lipinski definition) is 1. The zero-order valence-corrected chi connectivity index (χ0v) is 10.9. The number of hydrogen-bond acceptors (Lipinski definition) is 6. The highest BCUT2D eigenvalue weighted by Gasteiger charge is 2.42. The van der Waals surface area contributed by atoms with Gasteiger partial charge in [0.05, 0.1) is 20.3 Å². The van der Waals surface area contributed by atoms with Crippen LogP contribution < -0.4 is 5.48 Å². The third kappa shape index (κ3) is 3.94. The Kier molecular flexibility index (Phi) is 5.52. The van der Waals surface area contributed by atoms with Crippen LogP contribution in [0.2, 0.25) is 0 Å². The molecule has 0 aromatic carbocycles. The average molecular weight is 261 g/mol. The van der Waals surface area contributed by atoms with E-state index in [1.165, 1.54) is 14.0 Å². The molecule has 7 nitrogen and oxygen atoms in total. The van der Waals surface area contributed by atoms with Crippen molar-refractivity contribution < 1.29 is 28.6 Å². The number of methoxy groups -OCH3 is 1. The summed E-state index contributed by atoms with van der Waals surface area (Å²) in [5, 5.41) is 0. The van der Waals surface area contributed by atoms with Gasteiger partial charge in [-0.2, -0.15) is 0 Å². The van der Waals surface area contributed by atoms with Crippen LogP contribution in [0.5, 0.6) is 0 Å². The number of rotatable bonds is 5. The van der Waals surface area contributed by atoms with Gasteiger partial charge in [0.25, 0.3) is 5.79 Å². The normalized spacial score (nSPS) is 27.6. The van der Waals surface area contributed by atoms with E-state index in [1.54, 1.807) is 0 Å². The molecule has 18 heavy (non-hydrogen) atoms. The number of hydroxylamine groups is 1. The van der Waals surface area contributed by atoms with Gasteiger partial charge in [0, 0.05) is 13.3 Å². The molecule has 1 rings (SSSR count). The van der Waals surface area contributed by atoms with Gasteiger partial charge in [-0.25, -0.2) is 10.3 Å². The first-order valence-electron chi connectivity index (χ1n) is 5.82. The molecule has 1 fully saturated rings. The van der Waals surface area contributed by atoms with Crippen molar-refractivity contribution in [2.75, 3.05) is 20.3 Å². The number of ether oxygens (including phenoxy) is 3. The van der Waals surface area contributed by atoms with E-state index in [2.05, 4.69) is 10.2 Å². The minimum absolute atomic E-state index is 0.137. The Morgan fingerprint density at radius 3 is 2.50 bits per heavy atom. The number of carbonyl (C=O) groups is 2. The standard InChI is InChI=1S/C11H19NO6/c1-4-5-9(13)12-18-8-6-16-11(2,17-7-8)10(14)15-3/h8H,4-7H2,1-3H3,(H,12,13). The molecule has 0 atom stereocenters. The fourth-order valence-electron chi connectivity index (χ4n) is 1.39. The van der Waals surface area contributed by atoms with Gasteiger partial charge in [0.15, 0.2) is 0 Å². The predicted molar refractivity (Wildman–Crippen MR) is 60.2 cm³/mol. The highest BCUT2D eigenvalue weighted by molar-refractivity contribution is 5.77. The summed E-state index contributed by atoms with van der Waals surface area (Å²) in [7, 11) is 1.26. The lowest BCUT2D eigenvalue weighted by molar-refractivity contribution is -0.290. The molecule has 0 bridgehead atoms. The van der Waals surface area contributed by atoms with Gasteiger partial charge in [-0.05, 0) is 6.42 Å². The van der Waals surface area contributed by atoms with Crippen molar-refractivity contribution in [3.63, 3.8) is 0 Å². The van der Waals surface area contributed by atoms with Crippen LogP contribution in [0.25, 0.3) is 0 Å². The van der Waals surface area contributed by atoms with E-state index in [0.717, 1.165) is 6.42 Å². The minimum Gasteiger partial charge on any atom is -0.465 e. The molecule has 1 aliphatic heterocycles. The third-order valence-corrected chi connectivity index (χ3v) is 2.46. The number of esters is 1. The maximum absolute atomic E-state index is 11.4. The zero-order chi connectivity index (χ0) is 13.6. The maximum atomic E-state index is 11.4. The van der Waals surface area contributed by atoms with Gasteiger partial charge in [0.2, 0.25) is 5.91 Å². The summed E-state index contributed by atoms with van der Waals surface area (Å²) >= 11 is 0. The second-order valence-corrected chi connectivity index (χ2v) is 4.07. The zero-order valence-electron chi connectivity index (χ0n) is 10.9. The lowest BCUT2D eigenvalue weighted by Gasteiger charge is -2.34. The van der Waals surface area contributed by atoms with Crippen LogP contribution in [0.15, 0.2) is 0 Å². The summed E-state index contributed by atoms with van der Waals surface area (Å²) in [4.78, 5) is 27.6. The summed E-state index contributed by atoms with van der Waals surface area (Å²) in [6.45, 7) is 3.65. The van der Waals surface area contributed by atoms with E-state index < -0.39 is 17.9 Å². The molecule has 1 amide bonds. The molecule has 0 aromatic heterocycles. The second-order valence-electron chi connectivity index (χ2n) is 4.07. The first-order chi connectivity index (χ1) is 8.51. The Bertz CT molecular complexity index is 298. The summed E-state index contributed by atoms with van der Waals surface area (Å²) < 4.78 is 15.1. The van der Waals surface area contributed by atoms with E-state index in [0.29, 0.717) is 6.42 Å². The summed E-state index contributed by atoms with van der Waals surface area (Å²) in [5.41, 5.74) is 2.31. The molecule has 1 heterocycles. The van der Waals surface area contributed by atoms with Gasteiger partial charge in [-0.3, -0.25) is 9.63 Å². The molecular weight excluding hydrogens is 242 g/mol. The molecule has 104 valence electrons. The van der Waals surface area contributed by atoms with Crippen LogP contribution in [-0.2, 0) is 28.6 Å². The number of carbonyl (C=O) groups excluding carboxylic acids is 2. The summed E-state index contributed by atoms with van der Waals surface area (Å²) in [5.74, 6) is -2.20. The first kappa shape index (κ1) is 14.9. The van der Waals surface area contributed by atoms with Crippen molar-refractivity contribution in [2.45, 2.75) is 38.6 Å². The lowest BCUT2D eigenvalue weighted by atomic mass is 10.2. The van der Waals surface area contributed by atoms with Crippen LogP contribution >= 0.6 is 0 Å². The largest absolute Gasteiger partial charge is 0.465 e. The fourth-order valence-corrected chi connectivity index (χ4v) is 1.39. The van der Waals surface area contributed by atoms with Gasteiger partial charge >= 0.3 is 5.97 Å². The fraction of sp³-hybridized carbons (Fsp3) is 0.818. The molecule has 0 aliphatic carbocycles. The van der Waals surface area contributed by atoms with Crippen LogP contribution in [0, 0.1) is 0 Å². The number of amides is 1. The van der Waals surface area contributed by atoms with Crippen molar-refractivity contribution in [3.05, 3.63) is 0 Å². The Labute approximate surface area is 106 Å². The third-order valence-electron chi connectivity index (χ3n) is 2.46. The molecule has 1 N–H and O–H groups in total. The highest BCUT2D eigenvalue weighted by atomic mass is 16.8. The van der Waals surface area contributed by atoms with E-state index >= 15 is 0 Å². The lowest BCUT2D eigenvalue weighted by Crippen LogP contribution is -2.52. The van der Waals surface area contributed by atoms with E-state index in [1.807, 2.05) is 6.92 Å². The summed E-state index contributed by atoms with van der Waals surface area (Å²) in [6, 6.07) is 0. The Morgan fingerprint density at radius 2 is 2.00 bits per heavy atom. The molecule has 0 saturated carbocycles. The van der Waals surface area contributed by atoms with E-state index in [-0.39, 0.29) is 19.1 Å². The minimum atomic E-state index is -1.40. The topological polar surface area (TPSA) is 83.1 Å². The van der Waals surface area contributed by atoms with Crippen molar-refractivity contribution in [1.82, 2.24) is 5.48 Å². The van der Waals surface area contributed by atoms with Crippen LogP contribution in [0.4, 0.5) is 0 Å². The van der Waals surface area contributed by atoms with Crippen molar-refractivity contribution in [2.24, 2.45) is 0 Å². The van der Waals surface area contributed by atoms with Crippen molar-refractivity contribution in [3.8, 4) is 0 Å². The highest BCUT2D eigenvalue weighted by Crippen LogP contribution is 2.20. The van der Waals surface area contributed by atoms with Crippen molar-refractivity contribution >= 4 is 11.9 Å². The van der Waals surface area contributed by atoms with Crippen molar-refractivity contribution in [1.29, 1.82) is 0 Å². The Hall–Kier alpha value is -1.18. The average Bonchev–Trinajstić information content (AvgIpc) is 2.37. The Balaban J connectivity index is 2.31. The molecule has 7 heteroatoms. The van der Waals surface area contributed by atoms with E-state index in [4.69, 9.17) is 14.3 Å². The van der Waals surface area contributed by atoms with Crippen LogP contribution in [-0.4, -0.2) is 44.1 Å². The molecular formula is C11H19NO6. The smallest absolute Gasteiger partial charge is 0.366 e. The Morgan fingerprint density at radius 1 is 1.39 bits per heavy atom. The van der Waals surface area contributed by atoms with E-state index in [9.17, 15) is 9.59 Å². The van der Waals surface area contributed by atoms with Gasteiger partial charge in [-0.15, -0.1) is 0 Å².